The van der Waals surface area contributed by atoms with Crippen LogP contribution in [0.2, 0.25) is 0 Å². The van der Waals surface area contributed by atoms with E-state index in [0.717, 1.165) is 20.8 Å². The number of carbonyl (C=O) groups is 1. The molecule has 1 amide bonds. The molecule has 0 fully saturated rings. The first kappa shape index (κ1) is 20.4. The Morgan fingerprint density at radius 1 is 1.21 bits per heavy atom. The lowest BCUT2D eigenvalue weighted by atomic mass is 10.1. The monoisotopic (exact) mass is 451 g/mol. The summed E-state index contributed by atoms with van der Waals surface area (Å²) in [6.45, 7) is 0.391. The fraction of sp³-hybridized carbons (Fsp3) is 0.136. The average molecular weight is 452 g/mol. The van der Waals surface area contributed by atoms with E-state index in [2.05, 4.69) is 44.7 Å². The van der Waals surface area contributed by atoms with Crippen LogP contribution in [0.3, 0.4) is 0 Å². The highest BCUT2D eigenvalue weighted by Crippen LogP contribution is 2.34. The van der Waals surface area contributed by atoms with Gasteiger partial charge >= 0.3 is 0 Å². The number of fused-ring (bicyclic) bond motifs is 1. The van der Waals surface area contributed by atoms with E-state index in [4.69, 9.17) is 14.7 Å². The Labute approximate surface area is 176 Å². The Hall–Kier alpha value is -3.37. The van der Waals surface area contributed by atoms with Crippen molar-refractivity contribution >= 4 is 38.8 Å². The van der Waals surface area contributed by atoms with Crippen molar-refractivity contribution in [1.82, 2.24) is 5.43 Å². The van der Waals surface area contributed by atoms with Crippen molar-refractivity contribution < 1.29 is 14.3 Å². The van der Waals surface area contributed by atoms with Crippen molar-refractivity contribution in [2.24, 2.45) is 5.10 Å². The second-order valence-corrected chi connectivity index (χ2v) is 6.93. The molecule has 0 aliphatic rings. The van der Waals surface area contributed by atoms with Crippen LogP contribution >= 0.6 is 15.9 Å². The number of nitrogens with zero attached hydrogens (tertiary/aromatic N) is 2. The Kier molecular flexibility index (Phi) is 6.82. The Morgan fingerprint density at radius 2 is 2.00 bits per heavy atom. The molecule has 0 radical (unpaired) electrons. The molecule has 3 aromatic carbocycles. The highest BCUT2D eigenvalue weighted by atomic mass is 79.9. The van der Waals surface area contributed by atoms with Crippen LogP contribution in [0.15, 0.2) is 64.2 Å². The number of hydrogen-bond acceptors (Lipinski definition) is 5. The van der Waals surface area contributed by atoms with Gasteiger partial charge in [0.15, 0.2) is 11.5 Å². The summed E-state index contributed by atoms with van der Waals surface area (Å²) in [5, 5.41) is 14.6. The van der Waals surface area contributed by atoms with Crippen LogP contribution in [0, 0.1) is 11.3 Å². The molecule has 0 atom stereocenters. The molecule has 0 aliphatic heterocycles. The zero-order valence-corrected chi connectivity index (χ0v) is 17.3. The molecule has 29 heavy (non-hydrogen) atoms. The van der Waals surface area contributed by atoms with Gasteiger partial charge in [0, 0.05) is 10.0 Å². The highest BCUT2D eigenvalue weighted by Gasteiger charge is 2.11. The first-order valence-electron chi connectivity index (χ1n) is 8.78. The molecule has 0 aliphatic carbocycles. The van der Waals surface area contributed by atoms with Crippen molar-refractivity contribution in [3.05, 3.63) is 70.2 Å². The lowest BCUT2D eigenvalue weighted by Gasteiger charge is -2.14. The fourth-order valence-corrected chi connectivity index (χ4v) is 3.21. The zero-order valence-electron chi connectivity index (χ0n) is 15.7. The van der Waals surface area contributed by atoms with Gasteiger partial charge in [0.05, 0.1) is 19.4 Å². The minimum Gasteiger partial charge on any atom is -0.493 e. The number of nitrogens with one attached hydrogen (secondary N) is 1. The number of carbonyl (C=O) groups excluding carboxylic acids is 1. The van der Waals surface area contributed by atoms with E-state index >= 15 is 0 Å². The highest BCUT2D eigenvalue weighted by molar-refractivity contribution is 9.10. The smallest absolute Gasteiger partial charge is 0.254 e. The minimum absolute atomic E-state index is 0.247. The third-order valence-electron chi connectivity index (χ3n) is 4.18. The van der Waals surface area contributed by atoms with E-state index in [1.165, 1.54) is 6.21 Å². The van der Waals surface area contributed by atoms with Crippen LogP contribution in [0.4, 0.5) is 0 Å². The summed E-state index contributed by atoms with van der Waals surface area (Å²) in [6, 6.07) is 19.6. The molecular weight excluding hydrogens is 434 g/mol. The molecule has 6 nitrogen and oxygen atoms in total. The van der Waals surface area contributed by atoms with E-state index in [-0.39, 0.29) is 6.42 Å². The van der Waals surface area contributed by atoms with E-state index in [1.54, 1.807) is 25.3 Å². The Morgan fingerprint density at radius 3 is 2.79 bits per heavy atom. The third kappa shape index (κ3) is 5.12. The number of benzene rings is 3. The molecular formula is C22H18BrN3O3. The number of amides is 1. The van der Waals surface area contributed by atoms with Gasteiger partial charge in [0.2, 0.25) is 0 Å². The first-order chi connectivity index (χ1) is 14.1. The van der Waals surface area contributed by atoms with Gasteiger partial charge in [-0.3, -0.25) is 4.79 Å². The fourth-order valence-electron chi connectivity index (χ4n) is 2.78. The molecule has 146 valence electrons. The van der Waals surface area contributed by atoms with Crippen LogP contribution in [0.25, 0.3) is 10.8 Å². The van der Waals surface area contributed by atoms with Gasteiger partial charge in [-0.2, -0.15) is 10.4 Å². The van der Waals surface area contributed by atoms with Gasteiger partial charge in [0.1, 0.15) is 13.0 Å². The number of halogens is 1. The lowest BCUT2D eigenvalue weighted by molar-refractivity contribution is -0.120. The van der Waals surface area contributed by atoms with Crippen LogP contribution in [-0.4, -0.2) is 19.2 Å². The minimum atomic E-state index is -0.470. The number of nitriles is 1. The molecule has 0 saturated heterocycles. The van der Waals surface area contributed by atoms with Crippen molar-refractivity contribution in [1.29, 1.82) is 5.26 Å². The summed E-state index contributed by atoms with van der Waals surface area (Å²) < 4.78 is 12.2. The SMILES string of the molecule is COc1cc(/C=N\NC(=O)CC#N)c(Br)cc1OCc1cccc2ccccc12. The molecule has 7 heteroatoms. The zero-order chi connectivity index (χ0) is 20.6. The topological polar surface area (TPSA) is 83.7 Å². The quantitative estimate of drug-likeness (QED) is 0.421. The first-order valence-corrected chi connectivity index (χ1v) is 9.57. The molecule has 3 aromatic rings. The van der Waals surface area contributed by atoms with Gasteiger partial charge < -0.3 is 9.47 Å². The van der Waals surface area contributed by atoms with E-state index in [1.807, 2.05) is 24.3 Å². The van der Waals surface area contributed by atoms with Gasteiger partial charge in [-0.1, -0.05) is 42.5 Å². The number of hydrazone groups is 1. The molecule has 3 rings (SSSR count). The average Bonchev–Trinajstić information content (AvgIpc) is 2.73. The maximum Gasteiger partial charge on any atom is 0.254 e. The molecule has 0 spiro atoms. The summed E-state index contributed by atoms with van der Waals surface area (Å²) in [5.41, 5.74) is 4.06. The van der Waals surface area contributed by atoms with Crippen molar-refractivity contribution in [3.63, 3.8) is 0 Å². The Balaban J connectivity index is 1.78. The largest absolute Gasteiger partial charge is 0.493 e. The number of rotatable bonds is 7. The standard InChI is InChI=1S/C22H18BrN3O3/c1-28-20-11-17(13-25-26-22(27)9-10-24)19(23)12-21(20)29-14-16-7-4-6-15-5-2-3-8-18(15)16/h2-8,11-13H,9,14H2,1H3,(H,26,27)/b25-13-. The summed E-state index contributed by atoms with van der Waals surface area (Å²) in [4.78, 5) is 11.3. The van der Waals surface area contributed by atoms with Gasteiger partial charge in [-0.25, -0.2) is 5.43 Å². The van der Waals surface area contributed by atoms with Gasteiger partial charge in [0.25, 0.3) is 5.91 Å². The molecule has 0 bridgehead atoms. The number of ether oxygens (including phenoxy) is 2. The molecule has 0 heterocycles. The van der Waals surface area contributed by atoms with Crippen LogP contribution in [-0.2, 0) is 11.4 Å². The lowest BCUT2D eigenvalue weighted by Crippen LogP contribution is -2.16. The maximum absolute atomic E-state index is 11.3. The maximum atomic E-state index is 11.3. The van der Waals surface area contributed by atoms with Crippen LogP contribution in [0.1, 0.15) is 17.5 Å². The predicted molar refractivity (Wildman–Crippen MR) is 115 cm³/mol. The van der Waals surface area contributed by atoms with E-state index in [0.29, 0.717) is 23.7 Å². The summed E-state index contributed by atoms with van der Waals surface area (Å²) >= 11 is 3.48. The van der Waals surface area contributed by atoms with Gasteiger partial charge in [-0.15, -0.1) is 0 Å². The summed E-state index contributed by atoms with van der Waals surface area (Å²) in [6.07, 6.45) is 1.22. The molecule has 0 saturated carbocycles. The second kappa shape index (κ2) is 9.71. The second-order valence-electron chi connectivity index (χ2n) is 6.08. The summed E-state index contributed by atoms with van der Waals surface area (Å²) in [7, 11) is 1.56. The van der Waals surface area contributed by atoms with Crippen LogP contribution in [0.5, 0.6) is 11.5 Å². The molecule has 1 N–H and O–H groups in total. The van der Waals surface area contributed by atoms with Crippen molar-refractivity contribution in [2.45, 2.75) is 13.0 Å². The van der Waals surface area contributed by atoms with E-state index in [9.17, 15) is 4.79 Å². The summed E-state index contributed by atoms with van der Waals surface area (Å²) in [5.74, 6) is 0.651. The Bertz CT molecular complexity index is 1100. The third-order valence-corrected chi connectivity index (χ3v) is 4.87. The van der Waals surface area contributed by atoms with E-state index < -0.39 is 5.91 Å². The van der Waals surface area contributed by atoms with Crippen molar-refractivity contribution in [3.8, 4) is 17.6 Å². The predicted octanol–water partition coefficient (Wildman–Crippen LogP) is 4.55. The normalized spacial score (nSPS) is 10.7. The molecule has 0 unspecified atom stereocenters. The van der Waals surface area contributed by atoms with Crippen molar-refractivity contribution in [2.75, 3.05) is 7.11 Å². The molecule has 0 aromatic heterocycles. The number of methoxy groups -OCH3 is 1. The van der Waals surface area contributed by atoms with Gasteiger partial charge in [-0.05, 0) is 44.4 Å². The number of hydrogen-bond donors (Lipinski definition) is 1. The van der Waals surface area contributed by atoms with Crippen LogP contribution < -0.4 is 14.9 Å².